The van der Waals surface area contributed by atoms with Gasteiger partial charge in [-0.05, 0) is 30.3 Å². The highest BCUT2D eigenvalue weighted by Crippen LogP contribution is 2.31. The molecule has 0 unspecified atom stereocenters. The van der Waals surface area contributed by atoms with E-state index in [1.807, 2.05) is 0 Å². The monoisotopic (exact) mass is 387 g/mol. The van der Waals surface area contributed by atoms with Crippen molar-refractivity contribution >= 4 is 28.9 Å². The van der Waals surface area contributed by atoms with Crippen molar-refractivity contribution in [2.75, 3.05) is 31.0 Å². The van der Waals surface area contributed by atoms with Gasteiger partial charge in [0, 0.05) is 11.6 Å². The van der Waals surface area contributed by atoms with Gasteiger partial charge in [0.25, 0.3) is 0 Å². The summed E-state index contributed by atoms with van der Waals surface area (Å²) in [6.07, 6.45) is -4.45. The molecule has 0 heterocycles. The van der Waals surface area contributed by atoms with Gasteiger partial charge in [-0.2, -0.15) is 13.2 Å². The van der Waals surface area contributed by atoms with Crippen LogP contribution in [0.3, 0.4) is 0 Å². The first-order chi connectivity index (χ1) is 12.4. The van der Waals surface area contributed by atoms with E-state index in [1.54, 1.807) is 18.2 Å². The number of rotatable bonds is 8. The van der Waals surface area contributed by atoms with E-state index in [9.17, 15) is 18.0 Å². The van der Waals surface area contributed by atoms with Crippen molar-refractivity contribution in [3.8, 4) is 0 Å². The minimum atomic E-state index is -4.45. The standard InChI is InChI=1S/C18H17ClF3NO3/c19-8-9-25-10-11-26-17(24)15-6-1-2-7-16(15)23-14-5-3-4-13(12-14)18(20,21)22/h1-7,12,23H,8-11H2. The molecule has 0 saturated heterocycles. The molecule has 1 N–H and O–H groups in total. The molecule has 140 valence electrons. The highest BCUT2D eigenvalue weighted by Gasteiger charge is 2.30. The smallest absolute Gasteiger partial charge is 0.416 e. The zero-order valence-corrected chi connectivity index (χ0v) is 14.4. The van der Waals surface area contributed by atoms with Gasteiger partial charge in [-0.15, -0.1) is 11.6 Å². The lowest BCUT2D eigenvalue weighted by atomic mass is 10.1. The minimum absolute atomic E-state index is 0.0492. The number of para-hydroxylation sites is 1. The summed E-state index contributed by atoms with van der Waals surface area (Å²) < 4.78 is 48.7. The molecule has 0 aromatic heterocycles. The Labute approximate surface area is 153 Å². The van der Waals surface area contributed by atoms with Crippen LogP contribution < -0.4 is 5.32 Å². The molecule has 2 aromatic carbocycles. The predicted molar refractivity (Wildman–Crippen MR) is 93.0 cm³/mol. The zero-order chi connectivity index (χ0) is 19.0. The lowest BCUT2D eigenvalue weighted by Gasteiger charge is -2.13. The maximum atomic E-state index is 12.8. The molecule has 0 aliphatic carbocycles. The van der Waals surface area contributed by atoms with Gasteiger partial charge in [-0.3, -0.25) is 0 Å². The summed E-state index contributed by atoms with van der Waals surface area (Å²) in [5.74, 6) is -0.257. The Balaban J connectivity index is 2.08. The summed E-state index contributed by atoms with van der Waals surface area (Å²) in [7, 11) is 0. The average molecular weight is 388 g/mol. The normalized spacial score (nSPS) is 11.2. The molecule has 0 fully saturated rings. The van der Waals surface area contributed by atoms with E-state index >= 15 is 0 Å². The number of carbonyl (C=O) groups excluding carboxylic acids is 1. The number of anilines is 2. The molecule has 0 aliphatic heterocycles. The first kappa shape index (κ1) is 20.1. The number of benzene rings is 2. The van der Waals surface area contributed by atoms with Gasteiger partial charge in [0.15, 0.2) is 0 Å². The summed E-state index contributed by atoms with van der Waals surface area (Å²) in [5, 5.41) is 2.83. The van der Waals surface area contributed by atoms with E-state index in [0.717, 1.165) is 12.1 Å². The van der Waals surface area contributed by atoms with Crippen LogP contribution in [0.5, 0.6) is 0 Å². The molecule has 0 atom stereocenters. The number of nitrogens with one attached hydrogen (secondary N) is 1. The quantitative estimate of drug-likeness (QED) is 0.399. The summed E-state index contributed by atoms with van der Waals surface area (Å²) in [5.41, 5.74) is -0.00900. The lowest BCUT2D eigenvalue weighted by molar-refractivity contribution is -0.137. The third-order valence-electron chi connectivity index (χ3n) is 3.30. The van der Waals surface area contributed by atoms with Crippen LogP contribution in [-0.4, -0.2) is 31.7 Å². The Hall–Kier alpha value is -2.25. The van der Waals surface area contributed by atoms with Crippen LogP contribution in [0.4, 0.5) is 24.5 Å². The van der Waals surface area contributed by atoms with E-state index in [2.05, 4.69) is 5.32 Å². The van der Waals surface area contributed by atoms with Crippen LogP contribution in [0.15, 0.2) is 48.5 Å². The third-order valence-corrected chi connectivity index (χ3v) is 3.45. The Morgan fingerprint density at radius 2 is 1.81 bits per heavy atom. The second kappa shape index (κ2) is 9.45. The van der Waals surface area contributed by atoms with Crippen molar-refractivity contribution < 1.29 is 27.4 Å². The van der Waals surface area contributed by atoms with E-state index < -0.39 is 17.7 Å². The fourth-order valence-corrected chi connectivity index (χ4v) is 2.24. The van der Waals surface area contributed by atoms with E-state index in [1.165, 1.54) is 18.2 Å². The SMILES string of the molecule is O=C(OCCOCCCl)c1ccccc1Nc1cccc(C(F)(F)F)c1. The molecule has 0 amide bonds. The summed E-state index contributed by atoms with van der Waals surface area (Å²) in [4.78, 5) is 12.2. The number of alkyl halides is 4. The van der Waals surface area contributed by atoms with E-state index in [0.29, 0.717) is 18.2 Å². The van der Waals surface area contributed by atoms with Gasteiger partial charge >= 0.3 is 12.1 Å². The Kier molecular flexibility index (Phi) is 7.29. The van der Waals surface area contributed by atoms with Crippen molar-refractivity contribution in [3.63, 3.8) is 0 Å². The molecule has 0 aliphatic rings. The summed E-state index contributed by atoms with van der Waals surface area (Å²) >= 11 is 5.46. The van der Waals surface area contributed by atoms with Crippen molar-refractivity contribution in [1.29, 1.82) is 0 Å². The fourth-order valence-electron chi connectivity index (χ4n) is 2.13. The molecule has 0 spiro atoms. The molecule has 4 nitrogen and oxygen atoms in total. The van der Waals surface area contributed by atoms with Gasteiger partial charge in [0.1, 0.15) is 6.61 Å². The molecule has 8 heteroatoms. The number of carbonyl (C=O) groups is 1. The van der Waals surface area contributed by atoms with Crippen LogP contribution in [0.25, 0.3) is 0 Å². The molecule has 2 aromatic rings. The summed E-state index contributed by atoms with van der Waals surface area (Å²) in [6.45, 7) is 0.613. The maximum absolute atomic E-state index is 12.8. The molecular weight excluding hydrogens is 371 g/mol. The van der Waals surface area contributed by atoms with Crippen LogP contribution in [0, 0.1) is 0 Å². The second-order valence-electron chi connectivity index (χ2n) is 5.19. The number of halogens is 4. The van der Waals surface area contributed by atoms with Crippen LogP contribution in [0.1, 0.15) is 15.9 Å². The first-order valence-corrected chi connectivity index (χ1v) is 8.29. The number of ether oxygens (including phenoxy) is 2. The van der Waals surface area contributed by atoms with Crippen LogP contribution in [-0.2, 0) is 15.7 Å². The van der Waals surface area contributed by atoms with Gasteiger partial charge in [0.2, 0.25) is 0 Å². The molecule has 0 bridgehead atoms. The second-order valence-corrected chi connectivity index (χ2v) is 5.56. The van der Waals surface area contributed by atoms with E-state index in [4.69, 9.17) is 21.1 Å². The van der Waals surface area contributed by atoms with Gasteiger partial charge in [-0.25, -0.2) is 4.79 Å². The van der Waals surface area contributed by atoms with Crippen molar-refractivity contribution in [1.82, 2.24) is 0 Å². The van der Waals surface area contributed by atoms with Gasteiger partial charge < -0.3 is 14.8 Å². The maximum Gasteiger partial charge on any atom is 0.416 e. The predicted octanol–water partition coefficient (Wildman–Crippen LogP) is 4.86. The Morgan fingerprint density at radius 3 is 2.54 bits per heavy atom. The van der Waals surface area contributed by atoms with Crippen molar-refractivity contribution in [3.05, 3.63) is 59.7 Å². The highest BCUT2D eigenvalue weighted by atomic mass is 35.5. The van der Waals surface area contributed by atoms with Gasteiger partial charge in [0.05, 0.1) is 30.0 Å². The fraction of sp³-hybridized carbons (Fsp3) is 0.278. The Bertz CT molecular complexity index is 738. The molecule has 26 heavy (non-hydrogen) atoms. The topological polar surface area (TPSA) is 47.6 Å². The Morgan fingerprint density at radius 1 is 1.04 bits per heavy atom. The van der Waals surface area contributed by atoms with Crippen molar-refractivity contribution in [2.45, 2.75) is 6.18 Å². The average Bonchev–Trinajstić information content (AvgIpc) is 2.61. The van der Waals surface area contributed by atoms with Crippen LogP contribution >= 0.6 is 11.6 Å². The number of esters is 1. The minimum Gasteiger partial charge on any atom is -0.460 e. The molecule has 0 saturated carbocycles. The number of hydrogen-bond donors (Lipinski definition) is 1. The lowest BCUT2D eigenvalue weighted by Crippen LogP contribution is -2.13. The summed E-state index contributed by atoms with van der Waals surface area (Å²) in [6, 6.07) is 11.1. The largest absolute Gasteiger partial charge is 0.460 e. The molecule has 2 rings (SSSR count). The number of hydrogen-bond acceptors (Lipinski definition) is 4. The zero-order valence-electron chi connectivity index (χ0n) is 13.7. The molecular formula is C18H17ClF3NO3. The van der Waals surface area contributed by atoms with Gasteiger partial charge in [-0.1, -0.05) is 18.2 Å². The van der Waals surface area contributed by atoms with Crippen LogP contribution in [0.2, 0.25) is 0 Å². The molecule has 0 radical (unpaired) electrons. The van der Waals surface area contributed by atoms with E-state index in [-0.39, 0.29) is 24.5 Å². The third kappa shape index (κ3) is 5.93. The van der Waals surface area contributed by atoms with Crippen molar-refractivity contribution in [2.24, 2.45) is 0 Å². The highest BCUT2D eigenvalue weighted by molar-refractivity contribution is 6.17. The first-order valence-electron chi connectivity index (χ1n) is 7.76.